The number of nitrogens with one attached hydrogen (secondary N) is 1. The first-order valence-electron chi connectivity index (χ1n) is 7.98. The van der Waals surface area contributed by atoms with Crippen molar-refractivity contribution in [3.63, 3.8) is 0 Å². The Hall–Kier alpha value is -2.99. The number of amides is 1. The van der Waals surface area contributed by atoms with Crippen LogP contribution in [0.15, 0.2) is 66.0 Å². The van der Waals surface area contributed by atoms with Gasteiger partial charge in [0.2, 0.25) is 0 Å². The van der Waals surface area contributed by atoms with E-state index in [9.17, 15) is 13.6 Å². The number of nitrogens with zero attached hydrogens (tertiary/aromatic N) is 1. The van der Waals surface area contributed by atoms with Crippen molar-refractivity contribution in [3.8, 4) is 0 Å². The van der Waals surface area contributed by atoms with Gasteiger partial charge in [-0.15, -0.1) is 11.3 Å². The van der Waals surface area contributed by atoms with Crippen molar-refractivity contribution >= 4 is 33.1 Å². The predicted molar refractivity (Wildman–Crippen MR) is 99.7 cm³/mol. The van der Waals surface area contributed by atoms with Crippen LogP contribution in [0.25, 0.3) is 10.2 Å². The molecule has 2 aromatic heterocycles. The molecule has 1 amide bonds. The molecule has 0 fully saturated rings. The van der Waals surface area contributed by atoms with Gasteiger partial charge in [-0.3, -0.25) is 4.79 Å². The largest absolute Gasteiger partial charge is 0.331 e. The summed E-state index contributed by atoms with van der Waals surface area (Å²) < 4.78 is 29.1. The van der Waals surface area contributed by atoms with Gasteiger partial charge in [0, 0.05) is 12.2 Å². The maximum atomic E-state index is 13.2. The van der Waals surface area contributed by atoms with Gasteiger partial charge in [0.25, 0.3) is 5.91 Å². The van der Waals surface area contributed by atoms with E-state index in [0.29, 0.717) is 17.9 Å². The summed E-state index contributed by atoms with van der Waals surface area (Å²) in [7, 11) is 0. The molecule has 0 aliphatic rings. The molecular formula is C20H14F2N2OS. The number of hydrogen-bond acceptors (Lipinski definition) is 2. The summed E-state index contributed by atoms with van der Waals surface area (Å²) in [6.45, 7) is 0.451. The van der Waals surface area contributed by atoms with E-state index in [1.807, 2.05) is 22.1 Å². The Morgan fingerprint density at radius 2 is 1.62 bits per heavy atom. The summed E-state index contributed by atoms with van der Waals surface area (Å²) in [6, 6.07) is 15.6. The number of carbonyl (C=O) groups excluding carboxylic acids is 1. The van der Waals surface area contributed by atoms with Gasteiger partial charge >= 0.3 is 0 Å². The second-order valence-electron chi connectivity index (χ2n) is 5.87. The molecule has 26 heavy (non-hydrogen) atoms. The van der Waals surface area contributed by atoms with Gasteiger partial charge in [-0.05, 0) is 59.5 Å². The zero-order valence-corrected chi connectivity index (χ0v) is 14.4. The summed E-state index contributed by atoms with van der Waals surface area (Å²) in [6.07, 6.45) is 0. The van der Waals surface area contributed by atoms with Crippen LogP contribution in [0.4, 0.5) is 14.5 Å². The van der Waals surface area contributed by atoms with Crippen LogP contribution in [-0.2, 0) is 6.54 Å². The molecule has 0 spiro atoms. The zero-order chi connectivity index (χ0) is 18.1. The van der Waals surface area contributed by atoms with E-state index in [0.717, 1.165) is 15.8 Å². The van der Waals surface area contributed by atoms with Crippen molar-refractivity contribution in [2.75, 3.05) is 5.32 Å². The lowest BCUT2D eigenvalue weighted by Crippen LogP contribution is -2.17. The van der Waals surface area contributed by atoms with E-state index in [-0.39, 0.29) is 17.5 Å². The molecule has 130 valence electrons. The van der Waals surface area contributed by atoms with Crippen LogP contribution in [0.5, 0.6) is 0 Å². The van der Waals surface area contributed by atoms with Crippen LogP contribution in [0.1, 0.15) is 16.1 Å². The van der Waals surface area contributed by atoms with Gasteiger partial charge in [-0.25, -0.2) is 8.78 Å². The average molecular weight is 368 g/mol. The number of hydrogen-bond donors (Lipinski definition) is 1. The molecule has 0 aliphatic carbocycles. The smallest absolute Gasteiger partial charge is 0.272 e. The summed E-state index contributed by atoms with van der Waals surface area (Å²) in [5, 5.41) is 4.76. The zero-order valence-electron chi connectivity index (χ0n) is 13.6. The lowest BCUT2D eigenvalue weighted by atomic mass is 10.2. The van der Waals surface area contributed by atoms with Crippen LogP contribution in [0.2, 0.25) is 0 Å². The first kappa shape index (κ1) is 16.5. The summed E-state index contributed by atoms with van der Waals surface area (Å²) in [5.41, 5.74) is 2.87. The molecule has 4 rings (SSSR count). The highest BCUT2D eigenvalue weighted by Gasteiger charge is 2.17. The molecule has 0 saturated heterocycles. The van der Waals surface area contributed by atoms with Gasteiger partial charge in [-0.1, -0.05) is 12.1 Å². The van der Waals surface area contributed by atoms with E-state index in [2.05, 4.69) is 5.32 Å². The molecular weight excluding hydrogens is 354 g/mol. The molecule has 4 aromatic rings. The predicted octanol–water partition coefficient (Wildman–Crippen LogP) is 5.28. The molecule has 1 N–H and O–H groups in total. The van der Waals surface area contributed by atoms with Crippen LogP contribution >= 0.6 is 11.3 Å². The standard InChI is InChI=1S/C20H14F2N2OS/c21-14-3-1-13(2-4-14)12-24-17-9-10-26-19(17)11-18(24)20(25)23-16-7-5-15(22)6-8-16/h1-11H,12H2,(H,23,25). The van der Waals surface area contributed by atoms with Crippen molar-refractivity contribution in [1.29, 1.82) is 0 Å². The monoisotopic (exact) mass is 368 g/mol. The van der Waals surface area contributed by atoms with Crippen LogP contribution in [0, 0.1) is 11.6 Å². The number of halogens is 2. The Morgan fingerprint density at radius 1 is 0.962 bits per heavy atom. The molecule has 0 bridgehead atoms. The minimum Gasteiger partial charge on any atom is -0.331 e. The van der Waals surface area contributed by atoms with E-state index < -0.39 is 0 Å². The number of fused-ring (bicyclic) bond motifs is 1. The Bertz CT molecular complexity index is 1070. The summed E-state index contributed by atoms with van der Waals surface area (Å²) in [5.74, 6) is -0.929. The van der Waals surface area contributed by atoms with Crippen molar-refractivity contribution < 1.29 is 13.6 Å². The van der Waals surface area contributed by atoms with Crippen LogP contribution in [-0.4, -0.2) is 10.5 Å². The number of anilines is 1. The van der Waals surface area contributed by atoms with Crippen LogP contribution in [0.3, 0.4) is 0 Å². The Kier molecular flexibility index (Phi) is 4.26. The third kappa shape index (κ3) is 3.23. The van der Waals surface area contributed by atoms with Gasteiger partial charge in [-0.2, -0.15) is 0 Å². The molecule has 6 heteroatoms. The lowest BCUT2D eigenvalue weighted by Gasteiger charge is -2.11. The minimum atomic E-state index is -0.358. The highest BCUT2D eigenvalue weighted by molar-refractivity contribution is 7.17. The number of thiophene rings is 1. The van der Waals surface area contributed by atoms with E-state index in [1.54, 1.807) is 23.5 Å². The number of carbonyl (C=O) groups is 1. The van der Waals surface area contributed by atoms with E-state index in [4.69, 9.17) is 0 Å². The molecule has 2 heterocycles. The third-order valence-electron chi connectivity index (χ3n) is 4.11. The lowest BCUT2D eigenvalue weighted by molar-refractivity contribution is 0.101. The molecule has 0 saturated carbocycles. The normalized spacial score (nSPS) is 11.0. The molecule has 0 unspecified atom stereocenters. The third-order valence-corrected chi connectivity index (χ3v) is 4.96. The topological polar surface area (TPSA) is 34.0 Å². The summed E-state index contributed by atoms with van der Waals surface area (Å²) >= 11 is 1.55. The second kappa shape index (κ2) is 6.72. The molecule has 0 radical (unpaired) electrons. The number of benzene rings is 2. The minimum absolute atomic E-state index is 0.276. The van der Waals surface area contributed by atoms with Gasteiger partial charge < -0.3 is 9.88 Å². The van der Waals surface area contributed by atoms with Crippen LogP contribution < -0.4 is 5.32 Å². The second-order valence-corrected chi connectivity index (χ2v) is 6.82. The van der Waals surface area contributed by atoms with E-state index >= 15 is 0 Å². The fourth-order valence-electron chi connectivity index (χ4n) is 2.84. The first-order valence-corrected chi connectivity index (χ1v) is 8.86. The first-order chi connectivity index (χ1) is 12.6. The van der Waals surface area contributed by atoms with Gasteiger partial charge in [0.05, 0.1) is 10.2 Å². The maximum absolute atomic E-state index is 13.2. The molecule has 0 aliphatic heterocycles. The number of aromatic nitrogens is 1. The maximum Gasteiger partial charge on any atom is 0.272 e. The quantitative estimate of drug-likeness (QED) is 0.522. The van der Waals surface area contributed by atoms with Crippen molar-refractivity contribution in [2.24, 2.45) is 0 Å². The van der Waals surface area contributed by atoms with Gasteiger partial charge in [0.15, 0.2) is 0 Å². The molecule has 2 aromatic carbocycles. The fraction of sp³-hybridized carbons (Fsp3) is 0.0500. The Morgan fingerprint density at radius 3 is 2.31 bits per heavy atom. The Balaban J connectivity index is 1.67. The van der Waals surface area contributed by atoms with Crippen molar-refractivity contribution in [2.45, 2.75) is 6.54 Å². The fourth-order valence-corrected chi connectivity index (χ4v) is 3.66. The summed E-state index contributed by atoms with van der Waals surface area (Å²) in [4.78, 5) is 12.8. The van der Waals surface area contributed by atoms with Crippen molar-refractivity contribution in [1.82, 2.24) is 4.57 Å². The van der Waals surface area contributed by atoms with E-state index in [1.165, 1.54) is 36.4 Å². The van der Waals surface area contributed by atoms with Crippen molar-refractivity contribution in [3.05, 3.63) is 88.9 Å². The molecule has 0 atom stereocenters. The van der Waals surface area contributed by atoms with Gasteiger partial charge in [0.1, 0.15) is 17.3 Å². The Labute approximate surface area is 152 Å². The SMILES string of the molecule is O=C(Nc1ccc(F)cc1)c1cc2sccc2n1Cc1ccc(F)cc1. The molecule has 3 nitrogen and oxygen atoms in total. The highest BCUT2D eigenvalue weighted by atomic mass is 32.1. The average Bonchev–Trinajstić information content (AvgIpc) is 3.21. The highest BCUT2D eigenvalue weighted by Crippen LogP contribution is 2.27. The number of rotatable bonds is 4.